The number of benzene rings is 1. The van der Waals surface area contributed by atoms with E-state index in [4.69, 9.17) is 0 Å². The van der Waals surface area contributed by atoms with Crippen molar-refractivity contribution >= 4 is 23.1 Å². The number of hydrogen-bond acceptors (Lipinski definition) is 5. The van der Waals surface area contributed by atoms with Gasteiger partial charge in [-0.25, -0.2) is 0 Å². The highest BCUT2D eigenvalue weighted by Gasteiger charge is 2.26. The highest BCUT2D eigenvalue weighted by Crippen LogP contribution is 2.46. The molecule has 1 aliphatic heterocycles. The number of nitrogens with one attached hydrogen (secondary N) is 1. The van der Waals surface area contributed by atoms with E-state index in [1.54, 1.807) is 11.3 Å². The van der Waals surface area contributed by atoms with Gasteiger partial charge in [0.25, 0.3) is 0 Å². The van der Waals surface area contributed by atoms with Gasteiger partial charge in [-0.3, -0.25) is 0 Å². The third-order valence-corrected chi connectivity index (χ3v) is 5.69. The lowest BCUT2D eigenvalue weighted by Crippen LogP contribution is -2.35. The molecule has 0 aliphatic carbocycles. The summed E-state index contributed by atoms with van der Waals surface area (Å²) < 4.78 is 0. The molecule has 0 amide bonds. The molecule has 3 nitrogen and oxygen atoms in total. The summed E-state index contributed by atoms with van der Waals surface area (Å²) in [6.07, 6.45) is 1.07. The van der Waals surface area contributed by atoms with Crippen molar-refractivity contribution in [2.75, 3.05) is 0 Å². The van der Waals surface area contributed by atoms with E-state index in [0.29, 0.717) is 5.25 Å². The Kier molecular flexibility index (Phi) is 3.84. The van der Waals surface area contributed by atoms with Crippen molar-refractivity contribution in [2.45, 2.75) is 49.4 Å². The zero-order valence-corrected chi connectivity index (χ0v) is 13.6. The topological polar surface area (TPSA) is 37.8 Å². The normalized spacial score (nSPS) is 18.2. The first kappa shape index (κ1) is 14.0. The van der Waals surface area contributed by atoms with Gasteiger partial charge in [-0.05, 0) is 38.8 Å². The van der Waals surface area contributed by atoms with Crippen LogP contribution < -0.4 is 5.32 Å². The van der Waals surface area contributed by atoms with Crippen LogP contribution in [0.1, 0.15) is 41.6 Å². The predicted octanol–water partition coefficient (Wildman–Crippen LogP) is 3.82. The molecule has 1 unspecified atom stereocenters. The van der Waals surface area contributed by atoms with E-state index in [2.05, 4.69) is 60.6 Å². The molecule has 1 aromatic carbocycles. The molecule has 0 radical (unpaired) electrons. The summed E-state index contributed by atoms with van der Waals surface area (Å²) in [5.74, 6) is 0. The fraction of sp³-hybridized carbons (Fsp3) is 0.467. The maximum Gasteiger partial charge on any atom is 0.131 e. The zero-order chi connectivity index (χ0) is 14.2. The number of fused-ring (bicyclic) bond motifs is 1. The summed E-state index contributed by atoms with van der Waals surface area (Å²) in [6, 6.07) is 8.63. The number of nitrogens with zero attached hydrogens (tertiary/aromatic N) is 2. The van der Waals surface area contributed by atoms with Crippen LogP contribution in [0.5, 0.6) is 0 Å². The quantitative estimate of drug-likeness (QED) is 0.935. The van der Waals surface area contributed by atoms with Crippen molar-refractivity contribution in [3.8, 4) is 0 Å². The zero-order valence-electron chi connectivity index (χ0n) is 12.0. The number of rotatable bonds is 3. The molecule has 0 fully saturated rings. The van der Waals surface area contributed by atoms with Gasteiger partial charge in [-0.15, -0.1) is 22.0 Å². The van der Waals surface area contributed by atoms with Gasteiger partial charge in [0.15, 0.2) is 0 Å². The summed E-state index contributed by atoms with van der Waals surface area (Å²) in [4.78, 5) is 1.39. The molecule has 1 aromatic heterocycles. The largest absolute Gasteiger partial charge is 0.306 e. The van der Waals surface area contributed by atoms with Crippen LogP contribution in [0.2, 0.25) is 0 Å². The average Bonchev–Trinajstić information content (AvgIpc) is 3.01. The Morgan fingerprint density at radius 1 is 1.25 bits per heavy atom. The maximum atomic E-state index is 4.39. The van der Waals surface area contributed by atoms with Crippen molar-refractivity contribution in [1.82, 2.24) is 15.5 Å². The first-order valence-corrected chi connectivity index (χ1v) is 8.53. The van der Waals surface area contributed by atoms with Gasteiger partial charge in [0, 0.05) is 10.4 Å². The van der Waals surface area contributed by atoms with Gasteiger partial charge in [0.2, 0.25) is 0 Å². The van der Waals surface area contributed by atoms with Crippen LogP contribution in [-0.2, 0) is 13.0 Å². The molecule has 1 aliphatic rings. The number of aromatic nitrogens is 2. The van der Waals surface area contributed by atoms with E-state index in [0.717, 1.165) is 23.0 Å². The molecule has 0 spiro atoms. The maximum absolute atomic E-state index is 4.39. The molecule has 1 N–H and O–H groups in total. The first-order valence-electron chi connectivity index (χ1n) is 6.83. The number of thioether (sulfide) groups is 1. The molecule has 2 heterocycles. The van der Waals surface area contributed by atoms with Gasteiger partial charge in [-0.1, -0.05) is 29.5 Å². The van der Waals surface area contributed by atoms with Crippen LogP contribution in [0.3, 0.4) is 0 Å². The van der Waals surface area contributed by atoms with Crippen LogP contribution in [-0.4, -0.2) is 15.7 Å². The van der Waals surface area contributed by atoms with Gasteiger partial charge in [0.05, 0.1) is 11.8 Å². The van der Waals surface area contributed by atoms with E-state index in [1.165, 1.54) is 10.5 Å². The van der Waals surface area contributed by atoms with Gasteiger partial charge < -0.3 is 5.32 Å². The summed E-state index contributed by atoms with van der Waals surface area (Å²) in [7, 11) is 0. The summed E-state index contributed by atoms with van der Waals surface area (Å²) >= 11 is 3.65. The van der Waals surface area contributed by atoms with Crippen molar-refractivity contribution in [2.24, 2.45) is 0 Å². The van der Waals surface area contributed by atoms with Crippen LogP contribution >= 0.6 is 23.1 Å². The van der Waals surface area contributed by atoms with Crippen molar-refractivity contribution in [3.63, 3.8) is 0 Å². The molecule has 0 saturated carbocycles. The Morgan fingerprint density at radius 3 is 2.80 bits per heavy atom. The minimum Gasteiger partial charge on any atom is -0.306 e. The molecule has 20 heavy (non-hydrogen) atoms. The molecule has 2 aromatic rings. The first-order chi connectivity index (χ1) is 9.51. The standard InChI is InChI=1S/C15H19N3S2/c1-15(2,3)16-9-13-17-18-14(20-13)12-8-10-6-4-5-7-11(10)19-12/h4-7,12,16H,8-9H2,1-3H3. The van der Waals surface area contributed by atoms with Crippen molar-refractivity contribution in [1.29, 1.82) is 0 Å². The summed E-state index contributed by atoms with van der Waals surface area (Å²) in [5.41, 5.74) is 1.55. The van der Waals surface area contributed by atoms with E-state index >= 15 is 0 Å². The third kappa shape index (κ3) is 3.22. The highest BCUT2D eigenvalue weighted by molar-refractivity contribution is 8.00. The monoisotopic (exact) mass is 305 g/mol. The van der Waals surface area contributed by atoms with Gasteiger partial charge in [-0.2, -0.15) is 0 Å². The summed E-state index contributed by atoms with van der Waals surface area (Å²) in [5, 5.41) is 14.8. The molecule has 0 saturated heterocycles. The SMILES string of the molecule is CC(C)(C)NCc1nnc(C2Cc3ccccc3S2)s1. The smallest absolute Gasteiger partial charge is 0.131 e. The van der Waals surface area contributed by atoms with E-state index in [9.17, 15) is 0 Å². The molecular weight excluding hydrogens is 286 g/mol. The molecular formula is C15H19N3S2. The van der Waals surface area contributed by atoms with Gasteiger partial charge in [0.1, 0.15) is 10.0 Å². The minimum absolute atomic E-state index is 0.115. The Balaban J connectivity index is 1.67. The predicted molar refractivity (Wildman–Crippen MR) is 85.2 cm³/mol. The van der Waals surface area contributed by atoms with E-state index < -0.39 is 0 Å². The minimum atomic E-state index is 0.115. The molecule has 1 atom stereocenters. The second-order valence-corrected chi connectivity index (χ2v) is 8.39. The molecule has 106 valence electrons. The van der Waals surface area contributed by atoms with E-state index in [1.807, 2.05) is 11.8 Å². The summed E-state index contributed by atoms with van der Waals surface area (Å²) in [6.45, 7) is 7.29. The molecule has 3 rings (SSSR count). The molecule has 0 bridgehead atoms. The van der Waals surface area contributed by atoms with Gasteiger partial charge >= 0.3 is 0 Å². The second kappa shape index (κ2) is 5.47. The van der Waals surface area contributed by atoms with Crippen molar-refractivity contribution < 1.29 is 0 Å². The van der Waals surface area contributed by atoms with Crippen LogP contribution in [0.4, 0.5) is 0 Å². The van der Waals surface area contributed by atoms with Crippen LogP contribution in [0, 0.1) is 0 Å². The van der Waals surface area contributed by atoms with Crippen molar-refractivity contribution in [3.05, 3.63) is 39.8 Å². The Labute approximate surface area is 128 Å². The fourth-order valence-electron chi connectivity index (χ4n) is 2.13. The lowest BCUT2D eigenvalue weighted by molar-refractivity contribution is 0.423. The fourth-order valence-corrected chi connectivity index (χ4v) is 4.36. The lowest BCUT2D eigenvalue weighted by Gasteiger charge is -2.19. The Hall–Kier alpha value is -0.910. The Morgan fingerprint density at radius 2 is 2.05 bits per heavy atom. The van der Waals surface area contributed by atoms with Crippen LogP contribution in [0.25, 0.3) is 0 Å². The highest BCUT2D eigenvalue weighted by atomic mass is 32.2. The Bertz CT molecular complexity index is 576. The lowest BCUT2D eigenvalue weighted by atomic mass is 10.1. The van der Waals surface area contributed by atoms with E-state index in [-0.39, 0.29) is 5.54 Å². The number of hydrogen-bond donors (Lipinski definition) is 1. The third-order valence-electron chi connectivity index (χ3n) is 3.18. The average molecular weight is 305 g/mol. The van der Waals surface area contributed by atoms with Crippen LogP contribution in [0.15, 0.2) is 29.2 Å². The second-order valence-electron chi connectivity index (χ2n) is 6.06. The molecule has 5 heteroatoms.